The number of aliphatic hydroxyl groups excluding tert-OH is 1. The minimum atomic E-state index is -0.356. The fourth-order valence-electron chi connectivity index (χ4n) is 1.38. The summed E-state index contributed by atoms with van der Waals surface area (Å²) in [4.78, 5) is 3.80. The van der Waals surface area contributed by atoms with Gasteiger partial charge >= 0.3 is 0 Å². The smallest absolute Gasteiger partial charge is 0.110 e. The van der Waals surface area contributed by atoms with Crippen LogP contribution in [0.5, 0.6) is 0 Å². The Morgan fingerprint density at radius 2 is 2.31 bits per heavy atom. The average Bonchev–Trinajstić information content (AvgIpc) is 2.64. The molecule has 0 amide bonds. The monoisotopic (exact) mass is 239 g/mol. The van der Waals surface area contributed by atoms with Gasteiger partial charge in [0.15, 0.2) is 0 Å². The number of nitriles is 1. The van der Waals surface area contributed by atoms with Gasteiger partial charge in [0.2, 0.25) is 0 Å². The molecular formula is C11H17N3OS. The van der Waals surface area contributed by atoms with Gasteiger partial charge in [-0.05, 0) is 26.2 Å². The van der Waals surface area contributed by atoms with Crippen LogP contribution in [0.25, 0.3) is 0 Å². The number of hydrogen-bond donors (Lipinski definition) is 2. The summed E-state index contributed by atoms with van der Waals surface area (Å²) in [5.41, 5.74) is 0. The van der Waals surface area contributed by atoms with E-state index >= 15 is 0 Å². The number of aliphatic hydroxyl groups is 1. The minimum Gasteiger partial charge on any atom is -0.390 e. The molecule has 0 saturated carbocycles. The zero-order valence-electron chi connectivity index (χ0n) is 9.60. The molecule has 16 heavy (non-hydrogen) atoms. The molecule has 2 N–H and O–H groups in total. The van der Waals surface area contributed by atoms with E-state index in [0.717, 1.165) is 9.75 Å². The summed E-state index contributed by atoms with van der Waals surface area (Å²) >= 11 is 1.48. The van der Waals surface area contributed by atoms with Gasteiger partial charge in [-0.25, -0.2) is 0 Å². The average molecular weight is 239 g/mol. The van der Waals surface area contributed by atoms with Gasteiger partial charge in [0.1, 0.15) is 10.9 Å². The third-order valence-corrected chi connectivity index (χ3v) is 3.02. The van der Waals surface area contributed by atoms with Crippen molar-refractivity contribution in [2.75, 3.05) is 27.2 Å². The lowest BCUT2D eigenvalue weighted by atomic mass is 10.3. The van der Waals surface area contributed by atoms with Crippen molar-refractivity contribution in [3.05, 3.63) is 21.9 Å². The summed E-state index contributed by atoms with van der Waals surface area (Å²) in [6, 6.07) is 5.86. The molecule has 88 valence electrons. The number of thiophene rings is 1. The van der Waals surface area contributed by atoms with E-state index in [-0.39, 0.29) is 6.10 Å². The van der Waals surface area contributed by atoms with E-state index in [0.29, 0.717) is 19.6 Å². The fraction of sp³-hybridized carbons (Fsp3) is 0.545. The van der Waals surface area contributed by atoms with Crippen molar-refractivity contribution >= 4 is 11.3 Å². The van der Waals surface area contributed by atoms with E-state index < -0.39 is 0 Å². The minimum absolute atomic E-state index is 0.356. The van der Waals surface area contributed by atoms with Crippen LogP contribution in [0.15, 0.2) is 12.1 Å². The summed E-state index contributed by atoms with van der Waals surface area (Å²) < 4.78 is 0. The molecule has 1 heterocycles. The zero-order chi connectivity index (χ0) is 12.0. The molecule has 0 aliphatic carbocycles. The normalized spacial score (nSPS) is 12.7. The van der Waals surface area contributed by atoms with Crippen molar-refractivity contribution in [3.8, 4) is 6.07 Å². The Hall–Kier alpha value is -0.930. The predicted octanol–water partition coefficient (Wildman–Crippen LogP) is 0.632. The van der Waals surface area contributed by atoms with E-state index in [1.807, 2.05) is 31.1 Å². The molecule has 1 aromatic rings. The van der Waals surface area contributed by atoms with E-state index in [1.54, 1.807) is 0 Å². The maximum absolute atomic E-state index is 9.60. The first-order valence-corrected chi connectivity index (χ1v) is 5.96. The number of hydrogen-bond acceptors (Lipinski definition) is 5. The molecule has 0 aromatic carbocycles. The summed E-state index contributed by atoms with van der Waals surface area (Å²) in [7, 11) is 3.86. The quantitative estimate of drug-likeness (QED) is 0.764. The third-order valence-electron chi connectivity index (χ3n) is 2.03. The lowest BCUT2D eigenvalue weighted by Crippen LogP contribution is -2.34. The number of rotatable bonds is 6. The molecule has 4 nitrogen and oxygen atoms in total. The highest BCUT2D eigenvalue weighted by Gasteiger charge is 2.05. The van der Waals surface area contributed by atoms with E-state index in [1.165, 1.54) is 11.3 Å². The first kappa shape index (κ1) is 13.1. The van der Waals surface area contributed by atoms with Crippen molar-refractivity contribution in [2.24, 2.45) is 0 Å². The Labute approximate surface area is 100 Å². The van der Waals surface area contributed by atoms with Crippen molar-refractivity contribution in [1.82, 2.24) is 10.2 Å². The molecule has 0 radical (unpaired) electrons. The van der Waals surface area contributed by atoms with E-state index in [2.05, 4.69) is 11.4 Å². The van der Waals surface area contributed by atoms with Crippen LogP contribution in [0.2, 0.25) is 0 Å². The van der Waals surface area contributed by atoms with Gasteiger partial charge in [-0.15, -0.1) is 11.3 Å². The van der Waals surface area contributed by atoms with Crippen LogP contribution >= 0.6 is 11.3 Å². The zero-order valence-corrected chi connectivity index (χ0v) is 10.4. The molecule has 0 aliphatic rings. The van der Waals surface area contributed by atoms with E-state index in [9.17, 15) is 5.11 Å². The third kappa shape index (κ3) is 4.73. The van der Waals surface area contributed by atoms with Crippen molar-refractivity contribution < 1.29 is 5.11 Å². The van der Waals surface area contributed by atoms with Crippen LogP contribution in [-0.4, -0.2) is 43.3 Å². The summed E-state index contributed by atoms with van der Waals surface area (Å²) in [5.74, 6) is 0. The highest BCUT2D eigenvalue weighted by atomic mass is 32.1. The van der Waals surface area contributed by atoms with Gasteiger partial charge in [-0.1, -0.05) is 0 Å². The van der Waals surface area contributed by atoms with Gasteiger partial charge < -0.3 is 15.3 Å². The fourth-order valence-corrected chi connectivity index (χ4v) is 2.16. The number of nitrogens with zero attached hydrogens (tertiary/aromatic N) is 2. The second-order valence-electron chi connectivity index (χ2n) is 3.92. The van der Waals surface area contributed by atoms with Crippen molar-refractivity contribution in [2.45, 2.75) is 12.6 Å². The Balaban J connectivity index is 2.23. The van der Waals surface area contributed by atoms with Gasteiger partial charge in [-0.2, -0.15) is 5.26 Å². The van der Waals surface area contributed by atoms with Gasteiger partial charge in [-0.3, -0.25) is 0 Å². The second-order valence-corrected chi connectivity index (χ2v) is 5.09. The summed E-state index contributed by atoms with van der Waals surface area (Å²) in [5, 5.41) is 21.4. The lowest BCUT2D eigenvalue weighted by Gasteiger charge is -2.16. The Kier molecular flexibility index (Phi) is 5.43. The Morgan fingerprint density at radius 1 is 1.56 bits per heavy atom. The van der Waals surface area contributed by atoms with Crippen molar-refractivity contribution in [3.63, 3.8) is 0 Å². The van der Waals surface area contributed by atoms with Crippen LogP contribution in [0, 0.1) is 11.3 Å². The number of nitrogens with one attached hydrogen (secondary N) is 1. The molecule has 0 saturated heterocycles. The molecule has 1 unspecified atom stereocenters. The van der Waals surface area contributed by atoms with Gasteiger partial charge in [0.25, 0.3) is 0 Å². The largest absolute Gasteiger partial charge is 0.390 e. The second kappa shape index (κ2) is 6.61. The maximum atomic E-state index is 9.60. The van der Waals surface area contributed by atoms with Gasteiger partial charge in [0, 0.05) is 24.5 Å². The molecule has 1 atom stereocenters. The van der Waals surface area contributed by atoms with Crippen LogP contribution in [-0.2, 0) is 6.54 Å². The van der Waals surface area contributed by atoms with Crippen LogP contribution in [0.3, 0.4) is 0 Å². The predicted molar refractivity (Wildman–Crippen MR) is 65.3 cm³/mol. The molecule has 0 fully saturated rings. The molecule has 1 aromatic heterocycles. The molecular weight excluding hydrogens is 222 g/mol. The summed E-state index contributed by atoms with van der Waals surface area (Å²) in [6.45, 7) is 1.93. The first-order chi connectivity index (χ1) is 7.61. The SMILES string of the molecule is CN(C)CC(O)CNCc1ccc(C#N)s1. The van der Waals surface area contributed by atoms with Gasteiger partial charge in [0.05, 0.1) is 6.10 Å². The summed E-state index contributed by atoms with van der Waals surface area (Å²) in [6.07, 6.45) is -0.356. The molecule has 0 aliphatic heterocycles. The van der Waals surface area contributed by atoms with Crippen LogP contribution in [0.4, 0.5) is 0 Å². The van der Waals surface area contributed by atoms with Crippen molar-refractivity contribution in [1.29, 1.82) is 5.26 Å². The topological polar surface area (TPSA) is 59.3 Å². The Bertz CT molecular complexity index is 356. The molecule has 1 rings (SSSR count). The standard InChI is InChI=1S/C11H17N3OS/c1-14(2)8-9(15)6-13-7-11-4-3-10(5-12)16-11/h3-4,9,13,15H,6-8H2,1-2H3. The van der Waals surface area contributed by atoms with Crippen LogP contribution < -0.4 is 5.32 Å². The molecule has 0 spiro atoms. The highest BCUT2D eigenvalue weighted by molar-refractivity contribution is 7.12. The van der Waals surface area contributed by atoms with Crippen LogP contribution in [0.1, 0.15) is 9.75 Å². The number of likely N-dealkylation sites (N-methyl/N-ethyl adjacent to an activating group) is 1. The Morgan fingerprint density at radius 3 is 2.88 bits per heavy atom. The highest BCUT2D eigenvalue weighted by Crippen LogP contribution is 2.14. The maximum Gasteiger partial charge on any atom is 0.110 e. The molecule has 0 bridgehead atoms. The first-order valence-electron chi connectivity index (χ1n) is 5.14. The molecule has 5 heteroatoms. The lowest BCUT2D eigenvalue weighted by molar-refractivity contribution is 0.134. The van der Waals surface area contributed by atoms with E-state index in [4.69, 9.17) is 5.26 Å².